The van der Waals surface area contributed by atoms with Gasteiger partial charge in [0.2, 0.25) is 10.0 Å². The molecule has 0 aliphatic carbocycles. The number of ether oxygens (including phenoxy) is 1. The van der Waals surface area contributed by atoms with E-state index in [9.17, 15) is 8.42 Å². The van der Waals surface area contributed by atoms with E-state index >= 15 is 0 Å². The number of hydrogen-bond acceptors (Lipinski definition) is 4. The first-order valence-electron chi connectivity index (χ1n) is 6.48. The van der Waals surface area contributed by atoms with E-state index in [4.69, 9.17) is 10.5 Å². The number of hydrogen-bond donors (Lipinski definition) is 2. The lowest BCUT2D eigenvalue weighted by Crippen LogP contribution is -2.28. The Bertz CT molecular complexity index is 493. The average Bonchev–Trinajstić information content (AvgIpc) is 2.85. The van der Waals surface area contributed by atoms with Crippen LogP contribution in [0.25, 0.3) is 0 Å². The monoisotopic (exact) mass is 284 g/mol. The van der Waals surface area contributed by atoms with Crippen molar-refractivity contribution in [2.24, 2.45) is 0 Å². The van der Waals surface area contributed by atoms with Crippen molar-refractivity contribution in [3.05, 3.63) is 29.8 Å². The third kappa shape index (κ3) is 4.81. The summed E-state index contributed by atoms with van der Waals surface area (Å²) in [6.45, 7) is 1.23. The first-order valence-corrected chi connectivity index (χ1v) is 8.14. The molecule has 1 unspecified atom stereocenters. The van der Waals surface area contributed by atoms with E-state index in [-0.39, 0.29) is 11.9 Å². The number of rotatable bonds is 6. The number of sulfonamides is 1. The molecular formula is C13H20N2O3S. The molecule has 0 spiro atoms. The first kappa shape index (κ1) is 14.3. The summed E-state index contributed by atoms with van der Waals surface area (Å²) in [5.74, 6) is -0.0151. The van der Waals surface area contributed by atoms with Gasteiger partial charge in [-0.15, -0.1) is 0 Å². The Hall–Kier alpha value is -1.11. The van der Waals surface area contributed by atoms with Crippen molar-refractivity contribution in [1.29, 1.82) is 0 Å². The van der Waals surface area contributed by atoms with Crippen LogP contribution in [0.3, 0.4) is 0 Å². The summed E-state index contributed by atoms with van der Waals surface area (Å²) in [5.41, 5.74) is 6.93. The van der Waals surface area contributed by atoms with Gasteiger partial charge < -0.3 is 10.5 Å². The van der Waals surface area contributed by atoms with Crippen LogP contribution in [-0.2, 0) is 20.5 Å². The molecular weight excluding hydrogens is 264 g/mol. The van der Waals surface area contributed by atoms with Crippen molar-refractivity contribution in [3.8, 4) is 0 Å². The van der Waals surface area contributed by atoms with Crippen LogP contribution in [0.1, 0.15) is 24.8 Å². The molecule has 1 fully saturated rings. The van der Waals surface area contributed by atoms with E-state index < -0.39 is 10.0 Å². The van der Waals surface area contributed by atoms with Crippen LogP contribution >= 0.6 is 0 Å². The van der Waals surface area contributed by atoms with Gasteiger partial charge in [-0.05, 0) is 37.0 Å². The lowest BCUT2D eigenvalue weighted by atomic mass is 10.2. The van der Waals surface area contributed by atoms with Crippen LogP contribution in [-0.4, -0.2) is 27.7 Å². The standard InChI is InChI=1S/C13H20N2O3S/c14-12-5-3-11(4-6-12)10-19(16,17)15-8-7-13-2-1-9-18-13/h3-6,13,15H,1-2,7-10,14H2. The minimum atomic E-state index is -3.29. The van der Waals surface area contributed by atoms with Gasteiger partial charge in [-0.25, -0.2) is 13.1 Å². The molecule has 2 rings (SSSR count). The van der Waals surface area contributed by atoms with Crippen LogP contribution in [0, 0.1) is 0 Å². The number of nitrogens with one attached hydrogen (secondary N) is 1. The summed E-state index contributed by atoms with van der Waals surface area (Å²) in [7, 11) is -3.29. The maximum atomic E-state index is 11.9. The van der Waals surface area contributed by atoms with Crippen molar-refractivity contribution in [3.63, 3.8) is 0 Å². The second-order valence-electron chi connectivity index (χ2n) is 4.82. The Labute approximate surface area is 114 Å². The molecule has 0 saturated carbocycles. The van der Waals surface area contributed by atoms with Crippen LogP contribution in [0.4, 0.5) is 5.69 Å². The summed E-state index contributed by atoms with van der Waals surface area (Å²) >= 11 is 0. The number of benzene rings is 1. The summed E-state index contributed by atoms with van der Waals surface area (Å²) < 4.78 is 31.8. The van der Waals surface area contributed by atoms with E-state index in [1.807, 2.05) is 0 Å². The highest BCUT2D eigenvalue weighted by atomic mass is 32.2. The average molecular weight is 284 g/mol. The molecule has 6 heteroatoms. The van der Waals surface area contributed by atoms with Crippen molar-refractivity contribution >= 4 is 15.7 Å². The Morgan fingerprint density at radius 2 is 2.05 bits per heavy atom. The summed E-state index contributed by atoms with van der Waals surface area (Å²) in [6, 6.07) is 6.87. The molecule has 106 valence electrons. The largest absolute Gasteiger partial charge is 0.399 e. The predicted octanol–water partition coefficient (Wildman–Crippen LogP) is 1.26. The molecule has 1 aromatic rings. The SMILES string of the molecule is Nc1ccc(CS(=O)(=O)NCCC2CCCO2)cc1. The van der Waals surface area contributed by atoms with E-state index in [1.165, 1.54) is 0 Å². The number of anilines is 1. The van der Waals surface area contributed by atoms with Crippen LogP contribution in [0.5, 0.6) is 0 Å². The molecule has 0 bridgehead atoms. The quantitative estimate of drug-likeness (QED) is 0.771. The maximum Gasteiger partial charge on any atom is 0.215 e. The fourth-order valence-corrected chi connectivity index (χ4v) is 3.29. The van der Waals surface area contributed by atoms with Gasteiger partial charge in [0.1, 0.15) is 0 Å². The van der Waals surface area contributed by atoms with Crippen LogP contribution in [0.2, 0.25) is 0 Å². The molecule has 1 atom stereocenters. The van der Waals surface area contributed by atoms with Gasteiger partial charge in [0.05, 0.1) is 11.9 Å². The highest BCUT2D eigenvalue weighted by molar-refractivity contribution is 7.88. The second kappa shape index (κ2) is 6.36. The van der Waals surface area contributed by atoms with Crippen molar-refractivity contribution < 1.29 is 13.2 Å². The fourth-order valence-electron chi connectivity index (χ4n) is 2.13. The Morgan fingerprint density at radius 1 is 1.32 bits per heavy atom. The molecule has 3 N–H and O–H groups in total. The minimum Gasteiger partial charge on any atom is -0.399 e. The summed E-state index contributed by atoms with van der Waals surface area (Å²) in [4.78, 5) is 0. The smallest absolute Gasteiger partial charge is 0.215 e. The van der Waals surface area contributed by atoms with Gasteiger partial charge >= 0.3 is 0 Å². The molecule has 0 radical (unpaired) electrons. The minimum absolute atomic E-state index is 0.0151. The Morgan fingerprint density at radius 3 is 2.68 bits per heavy atom. The molecule has 0 amide bonds. The number of nitrogen functional groups attached to an aromatic ring is 1. The van der Waals surface area contributed by atoms with Crippen molar-refractivity contribution in [1.82, 2.24) is 4.72 Å². The van der Waals surface area contributed by atoms with Crippen LogP contribution in [0.15, 0.2) is 24.3 Å². The lowest BCUT2D eigenvalue weighted by Gasteiger charge is -2.10. The third-order valence-corrected chi connectivity index (χ3v) is 4.51. The molecule has 1 aromatic carbocycles. The maximum absolute atomic E-state index is 11.9. The van der Waals surface area contributed by atoms with Crippen molar-refractivity contribution in [2.75, 3.05) is 18.9 Å². The fraction of sp³-hybridized carbons (Fsp3) is 0.538. The zero-order valence-electron chi connectivity index (χ0n) is 10.8. The van der Waals surface area contributed by atoms with Gasteiger partial charge in [-0.1, -0.05) is 12.1 Å². The highest BCUT2D eigenvalue weighted by Gasteiger charge is 2.17. The van der Waals surface area contributed by atoms with Gasteiger partial charge in [0.25, 0.3) is 0 Å². The van der Waals surface area contributed by atoms with Gasteiger partial charge in [-0.2, -0.15) is 0 Å². The lowest BCUT2D eigenvalue weighted by molar-refractivity contribution is 0.105. The number of nitrogens with two attached hydrogens (primary N) is 1. The Balaban J connectivity index is 1.79. The highest BCUT2D eigenvalue weighted by Crippen LogP contribution is 2.15. The van der Waals surface area contributed by atoms with Gasteiger partial charge in [0, 0.05) is 18.8 Å². The molecule has 1 aliphatic heterocycles. The molecule has 19 heavy (non-hydrogen) atoms. The predicted molar refractivity (Wildman–Crippen MR) is 75.1 cm³/mol. The summed E-state index contributed by atoms with van der Waals surface area (Å²) in [6.07, 6.45) is 3.04. The first-order chi connectivity index (χ1) is 9.05. The van der Waals surface area contributed by atoms with E-state index in [2.05, 4.69) is 4.72 Å². The zero-order valence-corrected chi connectivity index (χ0v) is 11.7. The molecule has 1 saturated heterocycles. The van der Waals surface area contributed by atoms with Crippen LogP contribution < -0.4 is 10.5 Å². The Kier molecular flexibility index (Phi) is 4.79. The molecule has 1 aliphatic rings. The molecule has 0 aromatic heterocycles. The molecule has 1 heterocycles. The van der Waals surface area contributed by atoms with Gasteiger partial charge in [-0.3, -0.25) is 0 Å². The zero-order chi connectivity index (χ0) is 13.7. The van der Waals surface area contributed by atoms with Crippen molar-refractivity contribution in [2.45, 2.75) is 31.1 Å². The topological polar surface area (TPSA) is 81.4 Å². The summed E-state index contributed by atoms with van der Waals surface area (Å²) in [5, 5.41) is 0. The van der Waals surface area contributed by atoms with E-state index in [0.717, 1.165) is 31.4 Å². The third-order valence-electron chi connectivity index (χ3n) is 3.15. The second-order valence-corrected chi connectivity index (χ2v) is 6.63. The molecule has 5 nitrogen and oxygen atoms in total. The van der Waals surface area contributed by atoms with Gasteiger partial charge in [0.15, 0.2) is 0 Å². The van der Waals surface area contributed by atoms with E-state index in [1.54, 1.807) is 24.3 Å². The normalized spacial score (nSPS) is 19.7. The van der Waals surface area contributed by atoms with E-state index in [0.29, 0.717) is 12.2 Å².